The van der Waals surface area contributed by atoms with Crippen molar-refractivity contribution in [3.05, 3.63) is 22.6 Å². The molecule has 0 saturated heterocycles. The Morgan fingerprint density at radius 1 is 1.61 bits per heavy atom. The lowest BCUT2D eigenvalue weighted by atomic mass is 10.2. The van der Waals surface area contributed by atoms with E-state index < -0.39 is 0 Å². The SMILES string of the molecule is CCN(CC(C)C#N)c1ccc2n[nH]c(=O)n2n1. The number of hydrogen-bond acceptors (Lipinski definition) is 5. The van der Waals surface area contributed by atoms with Gasteiger partial charge in [0.2, 0.25) is 0 Å². The first-order chi connectivity index (χ1) is 8.65. The Morgan fingerprint density at radius 3 is 3.06 bits per heavy atom. The van der Waals surface area contributed by atoms with Crippen LogP contribution in [0.25, 0.3) is 5.65 Å². The minimum absolute atomic E-state index is 0.0940. The maximum atomic E-state index is 11.4. The van der Waals surface area contributed by atoms with Crippen LogP contribution in [0.2, 0.25) is 0 Å². The summed E-state index contributed by atoms with van der Waals surface area (Å²) in [4.78, 5) is 13.4. The summed E-state index contributed by atoms with van der Waals surface area (Å²) < 4.78 is 1.22. The molecule has 0 bridgehead atoms. The third kappa shape index (κ3) is 2.18. The van der Waals surface area contributed by atoms with Crippen molar-refractivity contribution in [2.45, 2.75) is 13.8 Å². The normalized spacial score (nSPS) is 12.3. The van der Waals surface area contributed by atoms with Gasteiger partial charge >= 0.3 is 5.69 Å². The number of H-pyrrole nitrogens is 1. The van der Waals surface area contributed by atoms with E-state index in [1.807, 2.05) is 18.7 Å². The van der Waals surface area contributed by atoms with Gasteiger partial charge in [-0.05, 0) is 26.0 Å². The maximum absolute atomic E-state index is 11.4. The van der Waals surface area contributed by atoms with Gasteiger partial charge in [-0.1, -0.05) is 0 Å². The molecule has 2 heterocycles. The lowest BCUT2D eigenvalue weighted by Gasteiger charge is -2.22. The number of nitrogens with one attached hydrogen (secondary N) is 1. The molecule has 0 aliphatic rings. The van der Waals surface area contributed by atoms with Gasteiger partial charge in [0.1, 0.15) is 5.82 Å². The molecule has 0 amide bonds. The second-order valence-corrected chi connectivity index (χ2v) is 4.06. The van der Waals surface area contributed by atoms with Crippen molar-refractivity contribution in [2.24, 2.45) is 5.92 Å². The average molecular weight is 246 g/mol. The van der Waals surface area contributed by atoms with E-state index in [-0.39, 0.29) is 11.6 Å². The summed E-state index contributed by atoms with van der Waals surface area (Å²) in [7, 11) is 0. The van der Waals surface area contributed by atoms with Crippen molar-refractivity contribution >= 4 is 11.5 Å². The van der Waals surface area contributed by atoms with Crippen LogP contribution in [-0.4, -0.2) is 32.9 Å². The number of fused-ring (bicyclic) bond motifs is 1. The first-order valence-corrected chi connectivity index (χ1v) is 5.74. The molecule has 0 aromatic carbocycles. The molecule has 2 aromatic heterocycles. The van der Waals surface area contributed by atoms with Crippen molar-refractivity contribution in [2.75, 3.05) is 18.0 Å². The fraction of sp³-hybridized carbons (Fsp3) is 0.455. The number of aromatic nitrogens is 4. The number of hydrogen-bond donors (Lipinski definition) is 1. The molecule has 7 heteroatoms. The molecule has 18 heavy (non-hydrogen) atoms. The van der Waals surface area contributed by atoms with Crippen LogP contribution in [-0.2, 0) is 0 Å². The van der Waals surface area contributed by atoms with Crippen LogP contribution in [0.5, 0.6) is 0 Å². The van der Waals surface area contributed by atoms with Crippen LogP contribution in [0.15, 0.2) is 16.9 Å². The highest BCUT2D eigenvalue weighted by atomic mass is 16.2. The highest BCUT2D eigenvalue weighted by molar-refractivity contribution is 5.45. The van der Waals surface area contributed by atoms with Gasteiger partial charge < -0.3 is 4.90 Å². The van der Waals surface area contributed by atoms with Crippen LogP contribution in [0.4, 0.5) is 5.82 Å². The Hall–Kier alpha value is -2.36. The zero-order valence-corrected chi connectivity index (χ0v) is 10.3. The summed E-state index contributed by atoms with van der Waals surface area (Å²) in [6.45, 7) is 5.13. The second-order valence-electron chi connectivity index (χ2n) is 4.06. The molecule has 0 aliphatic heterocycles. The van der Waals surface area contributed by atoms with Crippen molar-refractivity contribution < 1.29 is 0 Å². The fourth-order valence-corrected chi connectivity index (χ4v) is 1.72. The molecule has 0 radical (unpaired) electrons. The van der Waals surface area contributed by atoms with Crippen LogP contribution < -0.4 is 10.6 Å². The van der Waals surface area contributed by atoms with Gasteiger partial charge in [-0.3, -0.25) is 0 Å². The Labute approximate surface area is 104 Å². The van der Waals surface area contributed by atoms with Gasteiger partial charge in [0.15, 0.2) is 5.65 Å². The van der Waals surface area contributed by atoms with Gasteiger partial charge in [-0.25, -0.2) is 9.89 Å². The van der Waals surface area contributed by atoms with E-state index in [1.165, 1.54) is 4.52 Å². The van der Waals surface area contributed by atoms with Crippen molar-refractivity contribution in [3.63, 3.8) is 0 Å². The monoisotopic (exact) mass is 246 g/mol. The number of aromatic amines is 1. The van der Waals surface area contributed by atoms with E-state index in [2.05, 4.69) is 21.4 Å². The summed E-state index contributed by atoms with van der Waals surface area (Å²) in [5, 5.41) is 19.2. The van der Waals surface area contributed by atoms with E-state index in [9.17, 15) is 4.79 Å². The number of rotatable bonds is 4. The fourth-order valence-electron chi connectivity index (χ4n) is 1.72. The molecule has 2 rings (SSSR count). The van der Waals surface area contributed by atoms with Gasteiger partial charge in [-0.2, -0.15) is 14.9 Å². The molecular weight excluding hydrogens is 232 g/mol. The summed E-state index contributed by atoms with van der Waals surface area (Å²) in [5.41, 5.74) is 0.115. The highest BCUT2D eigenvalue weighted by Crippen LogP contribution is 2.12. The number of nitrogens with zero attached hydrogens (tertiary/aromatic N) is 5. The van der Waals surface area contributed by atoms with Crippen LogP contribution >= 0.6 is 0 Å². The van der Waals surface area contributed by atoms with Crippen LogP contribution in [0.1, 0.15) is 13.8 Å². The molecule has 94 valence electrons. The number of nitriles is 1. The second kappa shape index (κ2) is 4.87. The first-order valence-electron chi connectivity index (χ1n) is 5.74. The van der Waals surface area contributed by atoms with Gasteiger partial charge in [-0.15, -0.1) is 5.10 Å². The third-order valence-electron chi connectivity index (χ3n) is 2.68. The highest BCUT2D eigenvalue weighted by Gasteiger charge is 2.12. The van der Waals surface area contributed by atoms with Gasteiger partial charge in [0, 0.05) is 13.1 Å². The van der Waals surface area contributed by atoms with E-state index in [0.29, 0.717) is 18.0 Å². The summed E-state index contributed by atoms with van der Waals surface area (Å²) >= 11 is 0. The first kappa shape index (κ1) is 12.1. The molecule has 0 spiro atoms. The lowest BCUT2D eigenvalue weighted by molar-refractivity contribution is 0.670. The molecule has 1 atom stereocenters. The smallest absolute Gasteiger partial charge is 0.354 e. The Balaban J connectivity index is 2.36. The summed E-state index contributed by atoms with van der Waals surface area (Å²) in [6.07, 6.45) is 0. The topological polar surface area (TPSA) is 90.1 Å². The standard InChI is InChI=1S/C11H14N6O/c1-3-16(7-8(2)6-12)10-5-4-9-13-14-11(18)17(9)15-10/h4-5,8H,3,7H2,1-2H3,(H,14,18). The lowest BCUT2D eigenvalue weighted by Crippen LogP contribution is -2.29. The molecule has 0 fully saturated rings. The van der Waals surface area contributed by atoms with Gasteiger partial charge in [0.05, 0.1) is 12.0 Å². The zero-order valence-electron chi connectivity index (χ0n) is 10.3. The molecular formula is C11H14N6O. The average Bonchev–Trinajstić information content (AvgIpc) is 2.77. The van der Waals surface area contributed by atoms with Crippen molar-refractivity contribution in [3.8, 4) is 6.07 Å². The molecule has 1 unspecified atom stereocenters. The van der Waals surface area contributed by atoms with E-state index in [4.69, 9.17) is 5.26 Å². The predicted octanol–water partition coefficient (Wildman–Crippen LogP) is 0.404. The van der Waals surface area contributed by atoms with E-state index >= 15 is 0 Å². The van der Waals surface area contributed by atoms with Crippen LogP contribution in [0, 0.1) is 17.2 Å². The zero-order chi connectivity index (χ0) is 13.1. The Bertz CT molecular complexity index is 637. The van der Waals surface area contributed by atoms with Crippen molar-refractivity contribution in [1.29, 1.82) is 5.26 Å². The summed E-state index contributed by atoms with van der Waals surface area (Å²) in [5.74, 6) is 0.569. The summed E-state index contributed by atoms with van der Waals surface area (Å²) in [6, 6.07) is 5.70. The quantitative estimate of drug-likeness (QED) is 0.843. The maximum Gasteiger partial charge on any atom is 0.364 e. The van der Waals surface area contributed by atoms with Gasteiger partial charge in [0.25, 0.3) is 0 Å². The minimum Gasteiger partial charge on any atom is -0.354 e. The minimum atomic E-state index is -0.365. The molecule has 1 N–H and O–H groups in total. The Morgan fingerprint density at radius 2 is 2.39 bits per heavy atom. The third-order valence-corrected chi connectivity index (χ3v) is 2.68. The Kier molecular flexibility index (Phi) is 3.28. The largest absolute Gasteiger partial charge is 0.364 e. The molecule has 0 saturated carbocycles. The molecule has 0 aliphatic carbocycles. The number of anilines is 1. The van der Waals surface area contributed by atoms with E-state index in [1.54, 1.807) is 12.1 Å². The van der Waals surface area contributed by atoms with Crippen LogP contribution in [0.3, 0.4) is 0 Å². The predicted molar refractivity (Wildman–Crippen MR) is 66.3 cm³/mol. The molecule has 7 nitrogen and oxygen atoms in total. The van der Waals surface area contributed by atoms with E-state index in [0.717, 1.165) is 6.54 Å². The van der Waals surface area contributed by atoms with Crippen molar-refractivity contribution in [1.82, 2.24) is 19.8 Å². The molecule has 2 aromatic rings.